The first-order chi connectivity index (χ1) is 10.4. The predicted octanol–water partition coefficient (Wildman–Crippen LogP) is 6.41. The van der Waals surface area contributed by atoms with Crippen LogP contribution in [0.3, 0.4) is 0 Å². The van der Waals surface area contributed by atoms with E-state index in [0.717, 1.165) is 6.42 Å². The number of halogens is 1. The Morgan fingerprint density at radius 1 is 0.571 bits per heavy atom. The molecule has 0 radical (unpaired) electrons. The van der Waals surface area contributed by atoms with Crippen LogP contribution in [0.2, 0.25) is 0 Å². The molecule has 0 spiro atoms. The number of carbonyl (C=O) groups excluding carboxylic acids is 1. The highest BCUT2D eigenvalue weighted by Gasteiger charge is 1.94. The number of ether oxygens (including phenoxy) is 1. The molecule has 0 N–H and O–H groups in total. The molecule has 0 aliphatic carbocycles. The van der Waals surface area contributed by atoms with Crippen molar-refractivity contribution in [1.82, 2.24) is 0 Å². The molecule has 0 amide bonds. The van der Waals surface area contributed by atoms with Gasteiger partial charge >= 0.3 is 0 Å². The van der Waals surface area contributed by atoms with Crippen LogP contribution in [0.25, 0.3) is 0 Å². The van der Waals surface area contributed by atoms with E-state index in [1.54, 1.807) is 0 Å². The summed E-state index contributed by atoms with van der Waals surface area (Å²) >= 11 is 3.48. The van der Waals surface area contributed by atoms with E-state index in [4.69, 9.17) is 0 Å². The van der Waals surface area contributed by atoms with Crippen LogP contribution in [-0.2, 0) is 9.53 Å². The van der Waals surface area contributed by atoms with Gasteiger partial charge in [-0.3, -0.25) is 4.79 Å². The van der Waals surface area contributed by atoms with Crippen molar-refractivity contribution in [3.05, 3.63) is 0 Å². The summed E-state index contributed by atoms with van der Waals surface area (Å²) in [6.45, 7) is 1.14. The minimum absolute atomic E-state index is 0.545. The minimum Gasteiger partial charge on any atom is -0.468 e. The third kappa shape index (κ3) is 19.9. The molecule has 2 nitrogen and oxygen atoms in total. The third-order valence-corrected chi connectivity index (χ3v) is 4.52. The summed E-state index contributed by atoms with van der Waals surface area (Å²) in [7, 11) is 0. The first kappa shape index (κ1) is 20.9. The summed E-state index contributed by atoms with van der Waals surface area (Å²) in [4.78, 5) is 9.94. The van der Waals surface area contributed by atoms with Gasteiger partial charge in [0, 0.05) is 5.33 Å². The smallest absolute Gasteiger partial charge is 0.293 e. The van der Waals surface area contributed by atoms with Gasteiger partial charge in [-0.15, -0.1) is 0 Å². The average Bonchev–Trinajstić information content (AvgIpc) is 2.50. The molecular formula is C18H35BrO2. The predicted molar refractivity (Wildman–Crippen MR) is 95.1 cm³/mol. The van der Waals surface area contributed by atoms with Crippen LogP contribution in [-0.4, -0.2) is 18.4 Å². The Bertz CT molecular complexity index is 198. The molecule has 0 aromatic carbocycles. The summed E-state index contributed by atoms with van der Waals surface area (Å²) in [5.74, 6) is 0. The lowest BCUT2D eigenvalue weighted by Gasteiger charge is -2.03. The van der Waals surface area contributed by atoms with Gasteiger partial charge in [0.15, 0.2) is 0 Å². The Morgan fingerprint density at radius 3 is 1.24 bits per heavy atom. The van der Waals surface area contributed by atoms with Crippen molar-refractivity contribution in [3.63, 3.8) is 0 Å². The molecule has 0 aromatic heterocycles. The van der Waals surface area contributed by atoms with Crippen LogP contribution in [0.15, 0.2) is 0 Å². The summed E-state index contributed by atoms with van der Waals surface area (Å²) in [5.41, 5.74) is 0. The van der Waals surface area contributed by atoms with Gasteiger partial charge in [0.2, 0.25) is 0 Å². The maximum Gasteiger partial charge on any atom is 0.293 e. The van der Waals surface area contributed by atoms with Gasteiger partial charge in [0.05, 0.1) is 6.61 Å². The van der Waals surface area contributed by atoms with Crippen molar-refractivity contribution < 1.29 is 9.53 Å². The van der Waals surface area contributed by atoms with Crippen molar-refractivity contribution in [2.75, 3.05) is 11.9 Å². The molecule has 126 valence electrons. The first-order valence-electron chi connectivity index (χ1n) is 9.03. The van der Waals surface area contributed by atoms with Gasteiger partial charge in [-0.25, -0.2) is 0 Å². The number of rotatable bonds is 18. The topological polar surface area (TPSA) is 26.3 Å². The maximum atomic E-state index is 9.94. The second-order valence-corrected chi connectivity index (χ2v) is 6.75. The Morgan fingerprint density at radius 2 is 0.905 bits per heavy atom. The molecule has 0 saturated heterocycles. The van der Waals surface area contributed by atoms with E-state index >= 15 is 0 Å². The fraction of sp³-hybridized carbons (Fsp3) is 0.944. The van der Waals surface area contributed by atoms with E-state index < -0.39 is 0 Å². The molecule has 0 aliphatic rings. The molecule has 0 bridgehead atoms. The average molecular weight is 363 g/mol. The Kier molecular flexibility index (Phi) is 19.9. The summed E-state index contributed by atoms with van der Waals surface area (Å²) in [6, 6.07) is 0. The van der Waals surface area contributed by atoms with Crippen LogP contribution in [0.5, 0.6) is 0 Å². The maximum absolute atomic E-state index is 9.94. The van der Waals surface area contributed by atoms with Crippen LogP contribution in [0, 0.1) is 0 Å². The van der Waals surface area contributed by atoms with Crippen molar-refractivity contribution in [2.45, 2.75) is 96.3 Å². The van der Waals surface area contributed by atoms with Crippen molar-refractivity contribution in [1.29, 1.82) is 0 Å². The standard InChI is InChI=1S/C18H35BrO2/c19-16-14-12-10-8-6-4-2-1-3-5-7-9-11-13-15-17-21-18-20/h18H,1-17H2. The Hall–Kier alpha value is -0.0500. The molecular weight excluding hydrogens is 328 g/mol. The fourth-order valence-corrected chi connectivity index (χ4v) is 3.02. The van der Waals surface area contributed by atoms with Crippen molar-refractivity contribution in [3.8, 4) is 0 Å². The zero-order valence-corrected chi connectivity index (χ0v) is 15.4. The lowest BCUT2D eigenvalue weighted by atomic mass is 10.0. The van der Waals surface area contributed by atoms with Crippen LogP contribution in [0.1, 0.15) is 96.3 Å². The fourth-order valence-electron chi connectivity index (χ4n) is 2.63. The van der Waals surface area contributed by atoms with E-state index in [2.05, 4.69) is 20.7 Å². The zero-order valence-electron chi connectivity index (χ0n) is 13.8. The second-order valence-electron chi connectivity index (χ2n) is 5.96. The van der Waals surface area contributed by atoms with E-state index in [-0.39, 0.29) is 0 Å². The lowest BCUT2D eigenvalue weighted by Crippen LogP contribution is -1.91. The monoisotopic (exact) mass is 362 g/mol. The zero-order chi connectivity index (χ0) is 15.4. The van der Waals surface area contributed by atoms with Crippen molar-refractivity contribution in [2.24, 2.45) is 0 Å². The lowest BCUT2D eigenvalue weighted by molar-refractivity contribution is -0.128. The molecule has 0 saturated carbocycles. The van der Waals surface area contributed by atoms with E-state index in [0.29, 0.717) is 13.1 Å². The van der Waals surface area contributed by atoms with Crippen LogP contribution >= 0.6 is 15.9 Å². The van der Waals surface area contributed by atoms with E-state index in [9.17, 15) is 4.79 Å². The molecule has 3 heteroatoms. The highest BCUT2D eigenvalue weighted by molar-refractivity contribution is 9.09. The van der Waals surface area contributed by atoms with E-state index in [1.807, 2.05) is 0 Å². The van der Waals surface area contributed by atoms with E-state index in [1.165, 1.54) is 95.2 Å². The van der Waals surface area contributed by atoms with Crippen LogP contribution < -0.4 is 0 Å². The summed E-state index contributed by atoms with van der Waals surface area (Å²) < 4.78 is 4.67. The molecule has 0 rings (SSSR count). The van der Waals surface area contributed by atoms with Gasteiger partial charge in [0.25, 0.3) is 6.47 Å². The molecule has 0 fully saturated rings. The molecule has 0 aliphatic heterocycles. The number of hydrogen-bond acceptors (Lipinski definition) is 2. The van der Waals surface area contributed by atoms with Gasteiger partial charge in [-0.05, 0) is 12.8 Å². The van der Waals surface area contributed by atoms with Gasteiger partial charge in [0.1, 0.15) is 0 Å². The first-order valence-corrected chi connectivity index (χ1v) is 10.1. The summed E-state index contributed by atoms with van der Waals surface area (Å²) in [5, 5.41) is 1.17. The SMILES string of the molecule is O=COCCCCCCCCCCCCCCCCCBr. The molecule has 0 heterocycles. The second kappa shape index (κ2) is 19.9. The molecule has 0 aromatic rings. The summed E-state index contributed by atoms with van der Waals surface area (Å²) in [6.07, 6.45) is 20.4. The highest BCUT2D eigenvalue weighted by atomic mass is 79.9. The van der Waals surface area contributed by atoms with Crippen molar-refractivity contribution >= 4 is 22.4 Å². The quantitative estimate of drug-likeness (QED) is 0.160. The number of hydrogen-bond donors (Lipinski definition) is 0. The molecule has 0 unspecified atom stereocenters. The van der Waals surface area contributed by atoms with Gasteiger partial charge < -0.3 is 4.74 Å². The Labute approximate surface area is 140 Å². The molecule has 0 atom stereocenters. The van der Waals surface area contributed by atoms with Crippen LogP contribution in [0.4, 0.5) is 0 Å². The normalized spacial score (nSPS) is 10.7. The number of alkyl halides is 1. The number of carbonyl (C=O) groups is 1. The number of unbranched alkanes of at least 4 members (excludes halogenated alkanes) is 14. The molecule has 21 heavy (non-hydrogen) atoms. The minimum atomic E-state index is 0.545. The largest absolute Gasteiger partial charge is 0.468 e. The Balaban J connectivity index is 2.91. The third-order valence-electron chi connectivity index (χ3n) is 3.96. The highest BCUT2D eigenvalue weighted by Crippen LogP contribution is 2.13. The van der Waals surface area contributed by atoms with Gasteiger partial charge in [-0.1, -0.05) is 99.4 Å². The van der Waals surface area contributed by atoms with Gasteiger partial charge in [-0.2, -0.15) is 0 Å².